The molecule has 0 heterocycles. The first-order valence-corrected chi connectivity index (χ1v) is 7.06. The molecule has 0 spiro atoms. The lowest BCUT2D eigenvalue weighted by atomic mass is 9.75. The van der Waals surface area contributed by atoms with Gasteiger partial charge in [-0.2, -0.15) is 0 Å². The van der Waals surface area contributed by atoms with E-state index in [-0.39, 0.29) is 11.9 Å². The van der Waals surface area contributed by atoms with Crippen LogP contribution in [0.2, 0.25) is 5.02 Å². The van der Waals surface area contributed by atoms with E-state index in [2.05, 4.69) is 0 Å². The molecule has 1 aromatic carbocycles. The topological polar surface area (TPSA) is 52.3 Å². The van der Waals surface area contributed by atoms with Gasteiger partial charge < -0.3 is 10.5 Å². The van der Waals surface area contributed by atoms with Crippen molar-refractivity contribution in [2.24, 2.45) is 5.73 Å². The Morgan fingerprint density at radius 3 is 2.74 bits per heavy atom. The second kappa shape index (κ2) is 5.61. The summed E-state index contributed by atoms with van der Waals surface area (Å²) in [5.74, 6) is -0.0550. The number of halogens is 1. The van der Waals surface area contributed by atoms with Crippen LogP contribution >= 0.6 is 11.6 Å². The number of carbonyl (C=O) groups excluding carboxylic acids is 1. The van der Waals surface area contributed by atoms with Crippen molar-refractivity contribution in [3.8, 4) is 0 Å². The van der Waals surface area contributed by atoms with Gasteiger partial charge in [0.1, 0.15) is 11.6 Å². The summed E-state index contributed by atoms with van der Waals surface area (Å²) in [5, 5.41) is 0.545. The highest BCUT2D eigenvalue weighted by Crippen LogP contribution is 2.37. The molecule has 1 fully saturated rings. The average molecular weight is 282 g/mol. The minimum atomic E-state index is -1.02. The van der Waals surface area contributed by atoms with Crippen LogP contribution in [0.4, 0.5) is 0 Å². The van der Waals surface area contributed by atoms with E-state index in [1.54, 1.807) is 6.07 Å². The van der Waals surface area contributed by atoms with Gasteiger partial charge in [0.05, 0.1) is 6.10 Å². The maximum Gasteiger partial charge on any atom is 0.185 e. The van der Waals surface area contributed by atoms with E-state index < -0.39 is 11.6 Å². The van der Waals surface area contributed by atoms with E-state index in [1.165, 1.54) is 0 Å². The zero-order chi connectivity index (χ0) is 14.0. The highest BCUT2D eigenvalue weighted by Gasteiger charge is 2.44. The van der Waals surface area contributed by atoms with E-state index in [0.29, 0.717) is 17.0 Å². The minimum Gasteiger partial charge on any atom is -0.368 e. The van der Waals surface area contributed by atoms with Crippen LogP contribution in [0.1, 0.15) is 38.7 Å². The number of hydrogen-bond acceptors (Lipinski definition) is 3. The lowest BCUT2D eigenvalue weighted by Gasteiger charge is -2.37. The summed E-state index contributed by atoms with van der Waals surface area (Å²) in [5.41, 5.74) is 6.07. The van der Waals surface area contributed by atoms with Gasteiger partial charge in [0, 0.05) is 5.02 Å². The molecule has 3 nitrogen and oxygen atoms in total. The first kappa shape index (κ1) is 14.5. The Balaban J connectivity index is 2.32. The van der Waals surface area contributed by atoms with Crippen molar-refractivity contribution in [2.45, 2.75) is 50.9 Å². The Morgan fingerprint density at radius 1 is 1.42 bits per heavy atom. The number of ether oxygens (including phenoxy) is 1. The maximum atomic E-state index is 12.6. The summed E-state index contributed by atoms with van der Waals surface area (Å²) in [7, 11) is 0. The SMILES string of the molecule is CC(C)O[C@@H]1CCC[C@@](N)(c2ccccc2Cl)C1=O. The zero-order valence-corrected chi connectivity index (χ0v) is 12.1. The van der Waals surface area contributed by atoms with E-state index in [0.717, 1.165) is 12.8 Å². The van der Waals surface area contributed by atoms with Crippen molar-refractivity contribution in [1.82, 2.24) is 0 Å². The molecule has 2 rings (SSSR count). The van der Waals surface area contributed by atoms with Gasteiger partial charge in [0.2, 0.25) is 0 Å². The van der Waals surface area contributed by atoms with Crippen LogP contribution in [0.25, 0.3) is 0 Å². The fourth-order valence-electron chi connectivity index (χ4n) is 2.66. The highest BCUT2D eigenvalue weighted by molar-refractivity contribution is 6.31. The first-order chi connectivity index (χ1) is 8.95. The van der Waals surface area contributed by atoms with Gasteiger partial charge >= 0.3 is 0 Å². The van der Waals surface area contributed by atoms with E-state index in [1.807, 2.05) is 32.0 Å². The number of benzene rings is 1. The molecule has 0 aliphatic heterocycles. The Morgan fingerprint density at radius 2 is 2.11 bits per heavy atom. The molecule has 0 aromatic heterocycles. The molecular weight excluding hydrogens is 262 g/mol. The van der Waals surface area contributed by atoms with Gasteiger partial charge in [-0.15, -0.1) is 0 Å². The Kier molecular flexibility index (Phi) is 4.29. The number of rotatable bonds is 3. The number of hydrogen-bond donors (Lipinski definition) is 1. The number of nitrogens with two attached hydrogens (primary N) is 1. The van der Waals surface area contributed by atoms with Crippen molar-refractivity contribution < 1.29 is 9.53 Å². The molecule has 19 heavy (non-hydrogen) atoms. The summed E-state index contributed by atoms with van der Waals surface area (Å²) in [6.45, 7) is 3.85. The molecule has 2 atom stereocenters. The van der Waals surface area contributed by atoms with Gasteiger partial charge in [0.25, 0.3) is 0 Å². The normalized spacial score (nSPS) is 27.8. The van der Waals surface area contributed by atoms with Gasteiger partial charge in [0.15, 0.2) is 5.78 Å². The maximum absolute atomic E-state index is 12.6. The lowest BCUT2D eigenvalue weighted by Crippen LogP contribution is -2.53. The van der Waals surface area contributed by atoms with Gasteiger partial charge in [-0.1, -0.05) is 29.8 Å². The van der Waals surface area contributed by atoms with E-state index in [9.17, 15) is 4.79 Å². The fraction of sp³-hybridized carbons (Fsp3) is 0.533. The molecule has 0 radical (unpaired) electrons. The smallest absolute Gasteiger partial charge is 0.185 e. The Labute approximate surface area is 119 Å². The molecule has 4 heteroatoms. The summed E-state index contributed by atoms with van der Waals surface area (Å²) < 4.78 is 5.69. The summed E-state index contributed by atoms with van der Waals surface area (Å²) in [6, 6.07) is 7.30. The molecular formula is C15H20ClNO2. The molecule has 0 unspecified atom stereocenters. The van der Waals surface area contributed by atoms with Gasteiger partial charge in [-0.25, -0.2) is 0 Å². The van der Waals surface area contributed by atoms with Crippen molar-refractivity contribution in [1.29, 1.82) is 0 Å². The van der Waals surface area contributed by atoms with Crippen LogP contribution in [-0.2, 0) is 15.1 Å². The minimum absolute atomic E-state index is 0.0162. The summed E-state index contributed by atoms with van der Waals surface area (Å²) in [6.07, 6.45) is 1.82. The molecule has 1 aliphatic rings. The molecule has 0 bridgehead atoms. The second-order valence-electron chi connectivity index (χ2n) is 5.38. The van der Waals surface area contributed by atoms with E-state index in [4.69, 9.17) is 22.1 Å². The van der Waals surface area contributed by atoms with Crippen LogP contribution in [0.5, 0.6) is 0 Å². The van der Waals surface area contributed by atoms with Crippen LogP contribution < -0.4 is 5.73 Å². The van der Waals surface area contributed by atoms with Crippen molar-refractivity contribution in [3.63, 3.8) is 0 Å². The third-order valence-electron chi connectivity index (χ3n) is 3.56. The molecule has 1 saturated carbocycles. The van der Waals surface area contributed by atoms with Crippen molar-refractivity contribution in [2.75, 3.05) is 0 Å². The first-order valence-electron chi connectivity index (χ1n) is 6.69. The molecule has 0 saturated heterocycles. The van der Waals surface area contributed by atoms with Crippen LogP contribution in [0.3, 0.4) is 0 Å². The number of Topliss-reactive ketones (excluding diaryl/α,β-unsaturated/α-hetero) is 1. The average Bonchev–Trinajstić information content (AvgIpc) is 2.35. The van der Waals surface area contributed by atoms with Gasteiger partial charge in [-0.3, -0.25) is 4.79 Å². The monoisotopic (exact) mass is 281 g/mol. The second-order valence-corrected chi connectivity index (χ2v) is 5.79. The predicted octanol–water partition coefficient (Wildman–Crippen LogP) is 3.04. The zero-order valence-electron chi connectivity index (χ0n) is 11.4. The largest absolute Gasteiger partial charge is 0.368 e. The molecule has 1 aliphatic carbocycles. The van der Waals surface area contributed by atoms with Gasteiger partial charge in [-0.05, 0) is 44.7 Å². The molecule has 1 aromatic rings. The Bertz CT molecular complexity index is 475. The standard InChI is InChI=1S/C15H20ClNO2/c1-10(2)19-13-8-5-9-15(17,14(13)18)11-6-3-4-7-12(11)16/h3-4,6-7,10,13H,5,8-9,17H2,1-2H3/t13-,15-/m1/s1. The lowest BCUT2D eigenvalue weighted by molar-refractivity contribution is -0.143. The van der Waals surface area contributed by atoms with E-state index >= 15 is 0 Å². The Hall–Kier alpha value is -0.900. The van der Waals surface area contributed by atoms with Crippen LogP contribution in [0, 0.1) is 0 Å². The molecule has 104 valence electrons. The predicted molar refractivity (Wildman–Crippen MR) is 76.2 cm³/mol. The van der Waals surface area contributed by atoms with Crippen LogP contribution in [0.15, 0.2) is 24.3 Å². The summed E-state index contributed by atoms with van der Waals surface area (Å²) in [4.78, 5) is 12.6. The fourth-order valence-corrected chi connectivity index (χ4v) is 2.96. The number of carbonyl (C=O) groups is 1. The van der Waals surface area contributed by atoms with Crippen molar-refractivity contribution >= 4 is 17.4 Å². The van der Waals surface area contributed by atoms with Crippen LogP contribution in [-0.4, -0.2) is 18.0 Å². The third kappa shape index (κ3) is 2.83. The number of ketones is 1. The third-order valence-corrected chi connectivity index (χ3v) is 3.89. The van der Waals surface area contributed by atoms with Crippen molar-refractivity contribution in [3.05, 3.63) is 34.9 Å². The quantitative estimate of drug-likeness (QED) is 0.926. The molecule has 2 N–H and O–H groups in total. The highest BCUT2D eigenvalue weighted by atomic mass is 35.5. The summed E-state index contributed by atoms with van der Waals surface area (Å²) >= 11 is 6.19. The molecule has 0 amide bonds.